The lowest BCUT2D eigenvalue weighted by atomic mass is 10.2. The van der Waals surface area contributed by atoms with E-state index < -0.39 is 5.97 Å². The Labute approximate surface area is 109 Å². The molecule has 0 aliphatic carbocycles. The van der Waals surface area contributed by atoms with E-state index >= 15 is 0 Å². The van der Waals surface area contributed by atoms with Crippen LogP contribution in [0.2, 0.25) is 0 Å². The average molecular weight is 262 g/mol. The van der Waals surface area contributed by atoms with Crippen molar-refractivity contribution in [2.24, 2.45) is 0 Å². The predicted molar refractivity (Wildman–Crippen MR) is 72.9 cm³/mol. The lowest BCUT2D eigenvalue weighted by Gasteiger charge is -2.03. The molecule has 0 aliphatic rings. The number of carbonyl (C=O) groups is 1. The van der Waals surface area contributed by atoms with Crippen LogP contribution in [0.25, 0.3) is 0 Å². The van der Waals surface area contributed by atoms with Crippen LogP contribution in [0.3, 0.4) is 0 Å². The van der Waals surface area contributed by atoms with Crippen molar-refractivity contribution in [3.63, 3.8) is 0 Å². The molecule has 0 unspecified atom stereocenters. The van der Waals surface area contributed by atoms with E-state index in [1.54, 1.807) is 18.2 Å². The van der Waals surface area contributed by atoms with Crippen molar-refractivity contribution in [2.75, 3.05) is 5.32 Å². The van der Waals surface area contributed by atoms with Crippen LogP contribution in [0.15, 0.2) is 29.6 Å². The maximum atomic E-state index is 10.9. The third-order valence-corrected chi connectivity index (χ3v) is 3.25. The zero-order valence-electron chi connectivity index (χ0n) is 10.2. The van der Waals surface area contributed by atoms with Crippen LogP contribution in [0.5, 0.6) is 0 Å². The molecule has 0 atom stereocenters. The summed E-state index contributed by atoms with van der Waals surface area (Å²) >= 11 is 1.52. The summed E-state index contributed by atoms with van der Waals surface area (Å²) in [6.45, 7) is 4.17. The highest BCUT2D eigenvalue weighted by Gasteiger charge is 2.07. The SMILES string of the molecule is CC(C)c1csc(Nc2cccc(C(=O)O)c2)n1. The van der Waals surface area contributed by atoms with Gasteiger partial charge in [0, 0.05) is 11.1 Å². The minimum Gasteiger partial charge on any atom is -0.478 e. The average Bonchev–Trinajstić information content (AvgIpc) is 2.78. The number of hydrogen-bond donors (Lipinski definition) is 2. The number of thiazole rings is 1. The Hall–Kier alpha value is -1.88. The second-order valence-electron chi connectivity index (χ2n) is 4.24. The third-order valence-electron chi connectivity index (χ3n) is 2.47. The molecule has 1 aromatic heterocycles. The van der Waals surface area contributed by atoms with Gasteiger partial charge >= 0.3 is 5.97 Å². The highest BCUT2D eigenvalue weighted by atomic mass is 32.1. The first-order chi connectivity index (χ1) is 8.56. The van der Waals surface area contributed by atoms with Crippen LogP contribution < -0.4 is 5.32 Å². The number of aromatic nitrogens is 1. The van der Waals surface area contributed by atoms with Crippen molar-refractivity contribution in [3.8, 4) is 0 Å². The summed E-state index contributed by atoms with van der Waals surface area (Å²) in [6, 6.07) is 6.69. The molecule has 4 nitrogen and oxygen atoms in total. The highest BCUT2D eigenvalue weighted by Crippen LogP contribution is 2.24. The quantitative estimate of drug-likeness (QED) is 0.881. The van der Waals surface area contributed by atoms with Gasteiger partial charge in [0.15, 0.2) is 5.13 Å². The number of aromatic carboxylic acids is 1. The summed E-state index contributed by atoms with van der Waals surface area (Å²) in [5.74, 6) is -0.539. The number of nitrogens with zero attached hydrogens (tertiary/aromatic N) is 1. The van der Waals surface area contributed by atoms with Crippen LogP contribution in [-0.4, -0.2) is 16.1 Å². The first-order valence-electron chi connectivity index (χ1n) is 5.62. The number of carboxylic acids is 1. The van der Waals surface area contributed by atoms with E-state index in [2.05, 4.69) is 24.1 Å². The summed E-state index contributed by atoms with van der Waals surface area (Å²) in [5.41, 5.74) is 2.04. The normalized spacial score (nSPS) is 10.6. The molecule has 0 aliphatic heterocycles. The monoisotopic (exact) mass is 262 g/mol. The zero-order valence-corrected chi connectivity index (χ0v) is 11.0. The molecule has 0 spiro atoms. The third kappa shape index (κ3) is 2.87. The summed E-state index contributed by atoms with van der Waals surface area (Å²) in [5, 5.41) is 14.8. The van der Waals surface area contributed by atoms with Gasteiger partial charge in [0.2, 0.25) is 0 Å². The fourth-order valence-electron chi connectivity index (χ4n) is 1.46. The minimum atomic E-state index is -0.930. The molecule has 2 aromatic rings. The van der Waals surface area contributed by atoms with Gasteiger partial charge < -0.3 is 10.4 Å². The summed E-state index contributed by atoms with van der Waals surface area (Å²) in [7, 11) is 0. The van der Waals surface area contributed by atoms with Crippen LogP contribution in [-0.2, 0) is 0 Å². The fraction of sp³-hybridized carbons (Fsp3) is 0.231. The first kappa shape index (κ1) is 12.6. The van der Waals surface area contributed by atoms with E-state index in [-0.39, 0.29) is 5.56 Å². The van der Waals surface area contributed by atoms with Crippen molar-refractivity contribution < 1.29 is 9.90 Å². The molecule has 1 aromatic carbocycles. The van der Waals surface area contributed by atoms with Gasteiger partial charge in [-0.3, -0.25) is 0 Å². The molecule has 0 amide bonds. The largest absolute Gasteiger partial charge is 0.478 e. The minimum absolute atomic E-state index is 0.264. The number of rotatable bonds is 4. The molecular formula is C13H14N2O2S. The van der Waals surface area contributed by atoms with Gasteiger partial charge in [-0.2, -0.15) is 0 Å². The van der Waals surface area contributed by atoms with Gasteiger partial charge in [0.05, 0.1) is 11.3 Å². The topological polar surface area (TPSA) is 62.2 Å². The van der Waals surface area contributed by atoms with Gasteiger partial charge in [-0.25, -0.2) is 9.78 Å². The maximum Gasteiger partial charge on any atom is 0.335 e. The van der Waals surface area contributed by atoms with Crippen LogP contribution in [0, 0.1) is 0 Å². The molecule has 2 N–H and O–H groups in total. The molecule has 18 heavy (non-hydrogen) atoms. The molecule has 5 heteroatoms. The first-order valence-corrected chi connectivity index (χ1v) is 6.50. The van der Waals surface area contributed by atoms with Crippen molar-refractivity contribution in [1.29, 1.82) is 0 Å². The standard InChI is InChI=1S/C13H14N2O2S/c1-8(2)11-7-18-13(15-11)14-10-5-3-4-9(6-10)12(16)17/h3-8H,1-2H3,(H,14,15)(H,16,17). The van der Waals surface area contributed by atoms with E-state index in [9.17, 15) is 4.79 Å². The zero-order chi connectivity index (χ0) is 13.1. The van der Waals surface area contributed by atoms with Gasteiger partial charge in [0.1, 0.15) is 0 Å². The molecule has 0 radical (unpaired) electrons. The van der Waals surface area contributed by atoms with Crippen LogP contribution >= 0.6 is 11.3 Å². The number of benzene rings is 1. The van der Waals surface area contributed by atoms with Gasteiger partial charge in [-0.15, -0.1) is 11.3 Å². The number of carboxylic acid groups (broad SMARTS) is 1. The van der Waals surface area contributed by atoms with Crippen molar-refractivity contribution in [3.05, 3.63) is 40.9 Å². The molecule has 0 saturated carbocycles. The fourth-order valence-corrected chi connectivity index (χ4v) is 2.35. The van der Waals surface area contributed by atoms with E-state index in [1.165, 1.54) is 11.3 Å². The Morgan fingerprint density at radius 2 is 2.22 bits per heavy atom. The second kappa shape index (κ2) is 5.18. The van der Waals surface area contributed by atoms with E-state index in [0.717, 1.165) is 16.5 Å². The van der Waals surface area contributed by atoms with E-state index in [0.29, 0.717) is 5.92 Å². The molecule has 0 fully saturated rings. The summed E-state index contributed by atoms with van der Waals surface area (Å²) in [4.78, 5) is 15.3. The molecule has 2 rings (SSSR count). The molecule has 1 heterocycles. The van der Waals surface area contributed by atoms with E-state index in [4.69, 9.17) is 5.11 Å². The second-order valence-corrected chi connectivity index (χ2v) is 5.10. The number of anilines is 2. The lowest BCUT2D eigenvalue weighted by Crippen LogP contribution is -1.98. The molecular weight excluding hydrogens is 248 g/mol. The molecule has 94 valence electrons. The Kier molecular flexibility index (Phi) is 3.62. The van der Waals surface area contributed by atoms with Gasteiger partial charge in [0.25, 0.3) is 0 Å². The van der Waals surface area contributed by atoms with Crippen LogP contribution in [0.1, 0.15) is 35.8 Å². The Morgan fingerprint density at radius 3 is 2.83 bits per heavy atom. The van der Waals surface area contributed by atoms with Gasteiger partial charge in [-0.05, 0) is 24.1 Å². The maximum absolute atomic E-state index is 10.9. The van der Waals surface area contributed by atoms with Crippen LogP contribution in [0.4, 0.5) is 10.8 Å². The predicted octanol–water partition coefficient (Wildman–Crippen LogP) is 3.71. The summed E-state index contributed by atoms with van der Waals surface area (Å²) < 4.78 is 0. The number of nitrogens with one attached hydrogen (secondary N) is 1. The Morgan fingerprint density at radius 1 is 1.44 bits per heavy atom. The molecule has 0 bridgehead atoms. The smallest absolute Gasteiger partial charge is 0.335 e. The summed E-state index contributed by atoms with van der Waals surface area (Å²) in [6.07, 6.45) is 0. The van der Waals surface area contributed by atoms with E-state index in [1.807, 2.05) is 11.4 Å². The lowest BCUT2D eigenvalue weighted by molar-refractivity contribution is 0.0697. The van der Waals surface area contributed by atoms with Crippen molar-refractivity contribution >= 4 is 28.1 Å². The number of hydrogen-bond acceptors (Lipinski definition) is 4. The van der Waals surface area contributed by atoms with Crippen molar-refractivity contribution in [1.82, 2.24) is 4.98 Å². The Bertz CT molecular complexity index is 564. The molecule has 0 saturated heterocycles. The van der Waals surface area contributed by atoms with Crippen molar-refractivity contribution in [2.45, 2.75) is 19.8 Å². The highest BCUT2D eigenvalue weighted by molar-refractivity contribution is 7.13. The Balaban J connectivity index is 2.17. The van der Waals surface area contributed by atoms with Gasteiger partial charge in [-0.1, -0.05) is 19.9 Å².